The fourth-order valence-electron chi connectivity index (χ4n) is 1.78. The highest BCUT2D eigenvalue weighted by Gasteiger charge is 2.03. The molecule has 2 heteroatoms. The lowest BCUT2D eigenvalue weighted by molar-refractivity contribution is 0.219. The summed E-state index contributed by atoms with van der Waals surface area (Å²) in [4.78, 5) is 0. The van der Waals surface area contributed by atoms with E-state index >= 15 is 0 Å². The second-order valence-electron chi connectivity index (χ2n) is 4.62. The van der Waals surface area contributed by atoms with Crippen LogP contribution >= 0.6 is 0 Å². The van der Waals surface area contributed by atoms with Gasteiger partial charge >= 0.3 is 0 Å². The van der Waals surface area contributed by atoms with Gasteiger partial charge in [-0.3, -0.25) is 0 Å². The first-order valence-corrected chi connectivity index (χ1v) is 6.83. The average Bonchev–Trinajstić information content (AvgIpc) is 2.38. The van der Waals surface area contributed by atoms with Gasteiger partial charge in [0.05, 0.1) is 0 Å². The lowest BCUT2D eigenvalue weighted by Crippen LogP contribution is -2.28. The zero-order valence-electron chi connectivity index (χ0n) is 11.6. The standard InChI is InChI=1S/C16H25NO/c1-4-6-7-15-8-10-16(11-9-15)18-14(3)13-17-12-5-2/h5,8-11,14,17H,2,4,6-7,12-13H2,1,3H3. The Kier molecular flexibility index (Phi) is 7.19. The Bertz CT molecular complexity index is 331. The molecule has 0 radical (unpaired) electrons. The summed E-state index contributed by atoms with van der Waals surface area (Å²) in [5, 5.41) is 3.25. The van der Waals surface area contributed by atoms with Crippen LogP contribution in [0, 0.1) is 0 Å². The second-order valence-corrected chi connectivity index (χ2v) is 4.62. The lowest BCUT2D eigenvalue weighted by atomic mass is 10.1. The molecule has 0 spiro atoms. The normalized spacial score (nSPS) is 12.1. The Morgan fingerprint density at radius 2 is 2.06 bits per heavy atom. The number of hydrogen-bond donors (Lipinski definition) is 1. The van der Waals surface area contributed by atoms with Crippen molar-refractivity contribution in [2.24, 2.45) is 0 Å². The third kappa shape index (κ3) is 5.87. The highest BCUT2D eigenvalue weighted by Crippen LogP contribution is 2.15. The smallest absolute Gasteiger partial charge is 0.119 e. The minimum atomic E-state index is 0.173. The van der Waals surface area contributed by atoms with Gasteiger partial charge in [0.2, 0.25) is 0 Å². The van der Waals surface area contributed by atoms with E-state index in [2.05, 4.69) is 50.0 Å². The molecule has 1 unspecified atom stereocenters. The fraction of sp³-hybridized carbons (Fsp3) is 0.500. The Balaban J connectivity index is 2.35. The first kappa shape index (κ1) is 14.8. The summed E-state index contributed by atoms with van der Waals surface area (Å²) in [6.07, 6.45) is 5.68. The number of rotatable bonds is 9. The summed E-state index contributed by atoms with van der Waals surface area (Å²) in [5.74, 6) is 0.947. The Morgan fingerprint density at radius 3 is 2.67 bits per heavy atom. The molecule has 0 saturated carbocycles. The van der Waals surface area contributed by atoms with E-state index < -0.39 is 0 Å². The first-order valence-electron chi connectivity index (χ1n) is 6.83. The number of aryl methyl sites for hydroxylation is 1. The van der Waals surface area contributed by atoms with E-state index in [0.717, 1.165) is 25.3 Å². The van der Waals surface area contributed by atoms with Gasteiger partial charge in [0.25, 0.3) is 0 Å². The Morgan fingerprint density at radius 1 is 1.33 bits per heavy atom. The van der Waals surface area contributed by atoms with Crippen LogP contribution in [0.3, 0.4) is 0 Å². The third-order valence-corrected chi connectivity index (χ3v) is 2.80. The van der Waals surface area contributed by atoms with Crippen molar-refractivity contribution in [1.29, 1.82) is 0 Å². The quantitative estimate of drug-likeness (QED) is 0.532. The molecule has 1 aromatic carbocycles. The van der Waals surface area contributed by atoms with Crippen LogP contribution in [-0.2, 0) is 6.42 Å². The van der Waals surface area contributed by atoms with Crippen molar-refractivity contribution < 1.29 is 4.74 Å². The van der Waals surface area contributed by atoms with Crippen molar-refractivity contribution in [3.63, 3.8) is 0 Å². The van der Waals surface area contributed by atoms with Crippen molar-refractivity contribution in [3.05, 3.63) is 42.5 Å². The highest BCUT2D eigenvalue weighted by atomic mass is 16.5. The van der Waals surface area contributed by atoms with Crippen molar-refractivity contribution in [2.45, 2.75) is 39.2 Å². The molecule has 0 aliphatic rings. The number of hydrogen-bond acceptors (Lipinski definition) is 2. The van der Waals surface area contributed by atoms with Gasteiger partial charge in [0.1, 0.15) is 11.9 Å². The topological polar surface area (TPSA) is 21.3 Å². The molecule has 0 amide bonds. The molecule has 1 rings (SSSR count). The number of unbranched alkanes of at least 4 members (excludes halogenated alkanes) is 1. The predicted octanol–water partition coefficient (Wildman–Crippen LogP) is 3.57. The molecule has 0 aromatic heterocycles. The number of nitrogens with one attached hydrogen (secondary N) is 1. The highest BCUT2D eigenvalue weighted by molar-refractivity contribution is 5.27. The molecule has 1 N–H and O–H groups in total. The number of benzene rings is 1. The molecular weight excluding hydrogens is 222 g/mol. The minimum absolute atomic E-state index is 0.173. The SMILES string of the molecule is C=CCNCC(C)Oc1ccc(CCCC)cc1. The van der Waals surface area contributed by atoms with E-state index in [-0.39, 0.29) is 6.10 Å². The molecule has 0 aliphatic heterocycles. The van der Waals surface area contributed by atoms with Gasteiger partial charge in [-0.2, -0.15) is 0 Å². The van der Waals surface area contributed by atoms with Gasteiger partial charge in [-0.1, -0.05) is 31.6 Å². The molecule has 0 bridgehead atoms. The summed E-state index contributed by atoms with van der Waals surface area (Å²) < 4.78 is 5.82. The van der Waals surface area contributed by atoms with Crippen molar-refractivity contribution in [3.8, 4) is 5.75 Å². The van der Waals surface area contributed by atoms with E-state index in [4.69, 9.17) is 4.74 Å². The maximum Gasteiger partial charge on any atom is 0.119 e. The summed E-state index contributed by atoms with van der Waals surface area (Å²) in [6.45, 7) is 9.62. The molecule has 0 saturated heterocycles. The largest absolute Gasteiger partial charge is 0.489 e. The van der Waals surface area contributed by atoms with Gasteiger partial charge in [-0.15, -0.1) is 6.58 Å². The summed E-state index contributed by atoms with van der Waals surface area (Å²) in [5.41, 5.74) is 1.39. The minimum Gasteiger partial charge on any atom is -0.489 e. The van der Waals surface area contributed by atoms with Crippen molar-refractivity contribution >= 4 is 0 Å². The maximum atomic E-state index is 5.82. The number of ether oxygens (including phenoxy) is 1. The van der Waals surface area contributed by atoms with Crippen LogP contribution in [0.1, 0.15) is 32.3 Å². The lowest BCUT2D eigenvalue weighted by Gasteiger charge is -2.15. The zero-order valence-corrected chi connectivity index (χ0v) is 11.6. The molecular formula is C16H25NO. The Hall–Kier alpha value is -1.28. The van der Waals surface area contributed by atoms with Gasteiger partial charge < -0.3 is 10.1 Å². The monoisotopic (exact) mass is 247 g/mol. The van der Waals surface area contributed by atoms with E-state index in [1.807, 2.05) is 6.08 Å². The average molecular weight is 247 g/mol. The van der Waals surface area contributed by atoms with Crippen molar-refractivity contribution in [2.75, 3.05) is 13.1 Å². The van der Waals surface area contributed by atoms with Crippen LogP contribution in [0.4, 0.5) is 0 Å². The molecule has 0 fully saturated rings. The molecule has 0 aliphatic carbocycles. The predicted molar refractivity (Wildman–Crippen MR) is 78.2 cm³/mol. The van der Waals surface area contributed by atoms with Gasteiger partial charge in [0, 0.05) is 13.1 Å². The zero-order chi connectivity index (χ0) is 13.2. The van der Waals surface area contributed by atoms with E-state index in [9.17, 15) is 0 Å². The van der Waals surface area contributed by atoms with Crippen LogP contribution in [-0.4, -0.2) is 19.2 Å². The van der Waals surface area contributed by atoms with Crippen LogP contribution < -0.4 is 10.1 Å². The van der Waals surface area contributed by atoms with Gasteiger partial charge in [-0.25, -0.2) is 0 Å². The van der Waals surface area contributed by atoms with E-state index in [0.29, 0.717) is 0 Å². The molecule has 2 nitrogen and oxygen atoms in total. The molecule has 0 heterocycles. The molecule has 100 valence electrons. The Labute approximate surface area is 111 Å². The molecule has 1 atom stereocenters. The van der Waals surface area contributed by atoms with Crippen LogP contribution in [0.15, 0.2) is 36.9 Å². The van der Waals surface area contributed by atoms with Crippen LogP contribution in [0.2, 0.25) is 0 Å². The fourth-order valence-corrected chi connectivity index (χ4v) is 1.78. The summed E-state index contributed by atoms with van der Waals surface area (Å²) >= 11 is 0. The molecule has 1 aromatic rings. The first-order chi connectivity index (χ1) is 8.76. The van der Waals surface area contributed by atoms with Crippen LogP contribution in [0.5, 0.6) is 5.75 Å². The third-order valence-electron chi connectivity index (χ3n) is 2.80. The van der Waals surface area contributed by atoms with E-state index in [1.54, 1.807) is 0 Å². The van der Waals surface area contributed by atoms with Crippen LogP contribution in [0.25, 0.3) is 0 Å². The van der Waals surface area contributed by atoms with Gasteiger partial charge in [0.15, 0.2) is 0 Å². The van der Waals surface area contributed by atoms with E-state index in [1.165, 1.54) is 18.4 Å². The summed E-state index contributed by atoms with van der Waals surface area (Å²) in [7, 11) is 0. The second kappa shape index (κ2) is 8.76. The summed E-state index contributed by atoms with van der Waals surface area (Å²) in [6, 6.07) is 8.45. The molecule has 18 heavy (non-hydrogen) atoms. The maximum absolute atomic E-state index is 5.82. The van der Waals surface area contributed by atoms with Crippen molar-refractivity contribution in [1.82, 2.24) is 5.32 Å². The van der Waals surface area contributed by atoms with Gasteiger partial charge in [-0.05, 0) is 37.5 Å².